The number of thioether (sulfide) groups is 1. The van der Waals surface area contributed by atoms with E-state index in [4.69, 9.17) is 16.6 Å². The molecular formula is C23H22ClF3N2OS. The molecule has 0 fully saturated rings. The van der Waals surface area contributed by atoms with Crippen LogP contribution in [0.5, 0.6) is 0 Å². The number of nitrogens with one attached hydrogen (secondary N) is 1. The minimum absolute atomic E-state index is 0.0480. The van der Waals surface area contributed by atoms with E-state index in [0.29, 0.717) is 11.4 Å². The zero-order valence-electron chi connectivity index (χ0n) is 17.5. The molecule has 2 aromatic carbocycles. The quantitative estimate of drug-likeness (QED) is 0.400. The number of fused-ring (bicyclic) bond motifs is 1. The second kappa shape index (κ2) is 9.09. The number of alkyl halides is 3. The van der Waals surface area contributed by atoms with Crippen LogP contribution in [0, 0.1) is 20.8 Å². The summed E-state index contributed by atoms with van der Waals surface area (Å²) in [5.41, 5.74) is 3.20. The molecule has 1 aromatic heterocycles. The van der Waals surface area contributed by atoms with Crippen molar-refractivity contribution >= 4 is 45.9 Å². The Hall–Kier alpha value is -2.25. The number of rotatable bonds is 5. The predicted molar refractivity (Wildman–Crippen MR) is 121 cm³/mol. The van der Waals surface area contributed by atoms with Gasteiger partial charge in [-0.05, 0) is 68.7 Å². The number of hydrogen-bond acceptors (Lipinski definition) is 3. The third-order valence-corrected chi connectivity index (χ3v) is 6.52. The van der Waals surface area contributed by atoms with E-state index in [2.05, 4.69) is 17.4 Å². The molecule has 0 saturated heterocycles. The Bertz CT molecular complexity index is 1150. The van der Waals surface area contributed by atoms with Crippen LogP contribution < -0.4 is 5.32 Å². The average molecular weight is 467 g/mol. The third-order valence-electron chi connectivity index (χ3n) is 4.91. The van der Waals surface area contributed by atoms with Crippen LogP contribution in [-0.4, -0.2) is 16.1 Å². The fourth-order valence-electron chi connectivity index (χ4n) is 3.35. The van der Waals surface area contributed by atoms with Gasteiger partial charge in [-0.15, -0.1) is 0 Å². The molecular weight excluding hydrogens is 445 g/mol. The summed E-state index contributed by atoms with van der Waals surface area (Å²) in [6.45, 7) is 7.87. The largest absolute Gasteiger partial charge is 0.416 e. The molecule has 0 aliphatic rings. The van der Waals surface area contributed by atoms with E-state index in [1.807, 2.05) is 33.8 Å². The summed E-state index contributed by atoms with van der Waals surface area (Å²) in [6.07, 6.45) is -4.05. The zero-order valence-corrected chi connectivity index (χ0v) is 19.1. The summed E-state index contributed by atoms with van der Waals surface area (Å²) in [4.78, 5) is 17.5. The molecule has 0 aliphatic heterocycles. The SMILES string of the molecule is CCC(Sc1cc(C)c2cc(C)cc(C)c2n1)C(=O)Nc1cc(C(F)(F)F)ccc1Cl. The van der Waals surface area contributed by atoms with Crippen molar-refractivity contribution in [3.8, 4) is 0 Å². The molecule has 8 heteroatoms. The van der Waals surface area contributed by atoms with Gasteiger partial charge in [0, 0.05) is 5.39 Å². The van der Waals surface area contributed by atoms with E-state index in [1.165, 1.54) is 11.8 Å². The summed E-state index contributed by atoms with van der Waals surface area (Å²) in [6, 6.07) is 8.94. The summed E-state index contributed by atoms with van der Waals surface area (Å²) in [7, 11) is 0. The van der Waals surface area contributed by atoms with Crippen LogP contribution in [0.3, 0.4) is 0 Å². The molecule has 3 nitrogen and oxygen atoms in total. The van der Waals surface area contributed by atoms with Gasteiger partial charge in [0.25, 0.3) is 0 Å². The first-order valence-electron chi connectivity index (χ1n) is 9.72. The van der Waals surface area contributed by atoms with Crippen LogP contribution in [0.15, 0.2) is 41.4 Å². The standard InChI is InChI=1S/C23H22ClF3N2OS/c1-5-19(22(30)28-18-11-15(23(25,26)27)6-7-17(18)24)31-20-10-13(3)16-9-12(2)8-14(4)21(16)29-20/h6-11,19H,5H2,1-4H3,(H,28,30). The van der Waals surface area contributed by atoms with Crippen molar-refractivity contribution in [2.24, 2.45) is 0 Å². The van der Waals surface area contributed by atoms with Gasteiger partial charge in [-0.2, -0.15) is 13.2 Å². The van der Waals surface area contributed by atoms with Crippen molar-refractivity contribution in [3.63, 3.8) is 0 Å². The zero-order chi connectivity index (χ0) is 22.9. The van der Waals surface area contributed by atoms with Crippen molar-refractivity contribution in [2.75, 3.05) is 5.32 Å². The highest BCUT2D eigenvalue weighted by molar-refractivity contribution is 8.00. The number of carbonyl (C=O) groups is 1. The fourth-order valence-corrected chi connectivity index (χ4v) is 4.53. The Morgan fingerprint density at radius 2 is 1.84 bits per heavy atom. The lowest BCUT2D eigenvalue weighted by Crippen LogP contribution is -2.25. The van der Waals surface area contributed by atoms with Crippen LogP contribution in [-0.2, 0) is 11.0 Å². The van der Waals surface area contributed by atoms with E-state index < -0.39 is 22.9 Å². The monoisotopic (exact) mass is 466 g/mol. The fraction of sp³-hybridized carbons (Fsp3) is 0.304. The summed E-state index contributed by atoms with van der Waals surface area (Å²) < 4.78 is 39.0. The third kappa shape index (κ3) is 5.33. The number of nitrogens with zero attached hydrogens (tertiary/aromatic N) is 1. The molecule has 0 bridgehead atoms. The van der Waals surface area contributed by atoms with Gasteiger partial charge in [0.1, 0.15) is 0 Å². The Balaban J connectivity index is 1.86. The van der Waals surface area contributed by atoms with Gasteiger partial charge < -0.3 is 5.32 Å². The number of benzene rings is 2. The van der Waals surface area contributed by atoms with E-state index >= 15 is 0 Å². The second-order valence-corrected chi connectivity index (χ2v) is 9.08. The number of aryl methyl sites for hydroxylation is 3. The van der Waals surface area contributed by atoms with E-state index in [1.54, 1.807) is 0 Å². The maximum absolute atomic E-state index is 13.0. The van der Waals surface area contributed by atoms with Gasteiger partial charge in [-0.1, -0.05) is 41.9 Å². The van der Waals surface area contributed by atoms with Crippen molar-refractivity contribution in [3.05, 3.63) is 63.7 Å². The molecule has 1 N–H and O–H groups in total. The number of anilines is 1. The number of carbonyl (C=O) groups excluding carboxylic acids is 1. The van der Waals surface area contributed by atoms with Gasteiger partial charge in [-0.3, -0.25) is 4.79 Å². The first-order chi connectivity index (χ1) is 14.5. The van der Waals surface area contributed by atoms with Crippen LogP contribution in [0.4, 0.5) is 18.9 Å². The first-order valence-corrected chi connectivity index (χ1v) is 11.0. The molecule has 1 heterocycles. The maximum Gasteiger partial charge on any atom is 0.416 e. The maximum atomic E-state index is 13.0. The summed E-state index contributed by atoms with van der Waals surface area (Å²) >= 11 is 7.30. The molecule has 0 radical (unpaired) electrons. The van der Waals surface area contributed by atoms with E-state index in [0.717, 1.165) is 45.8 Å². The normalized spacial score (nSPS) is 12.8. The second-order valence-electron chi connectivity index (χ2n) is 7.45. The smallest absolute Gasteiger partial charge is 0.324 e. The van der Waals surface area contributed by atoms with Crippen molar-refractivity contribution in [2.45, 2.75) is 50.6 Å². The molecule has 1 atom stereocenters. The van der Waals surface area contributed by atoms with Gasteiger partial charge in [0.15, 0.2) is 0 Å². The Labute approximate surface area is 188 Å². The van der Waals surface area contributed by atoms with Crippen molar-refractivity contribution in [1.82, 2.24) is 4.98 Å². The highest BCUT2D eigenvalue weighted by Crippen LogP contribution is 2.35. The van der Waals surface area contributed by atoms with E-state index in [9.17, 15) is 18.0 Å². The lowest BCUT2D eigenvalue weighted by molar-refractivity contribution is -0.137. The van der Waals surface area contributed by atoms with Crippen molar-refractivity contribution in [1.29, 1.82) is 0 Å². The molecule has 0 aliphatic carbocycles. The number of halogens is 4. The lowest BCUT2D eigenvalue weighted by Gasteiger charge is -2.17. The Morgan fingerprint density at radius 1 is 1.13 bits per heavy atom. The Kier molecular flexibility index (Phi) is 6.86. The van der Waals surface area contributed by atoms with Gasteiger partial charge >= 0.3 is 6.18 Å². The molecule has 31 heavy (non-hydrogen) atoms. The molecule has 1 amide bonds. The van der Waals surface area contributed by atoms with Gasteiger partial charge in [0.2, 0.25) is 5.91 Å². The first kappa shape index (κ1) is 23.4. The van der Waals surface area contributed by atoms with Crippen molar-refractivity contribution < 1.29 is 18.0 Å². The van der Waals surface area contributed by atoms with Crippen LogP contribution >= 0.6 is 23.4 Å². The lowest BCUT2D eigenvalue weighted by atomic mass is 10.0. The Morgan fingerprint density at radius 3 is 2.48 bits per heavy atom. The summed E-state index contributed by atoms with van der Waals surface area (Å²) in [5.74, 6) is -0.422. The highest BCUT2D eigenvalue weighted by Gasteiger charge is 2.31. The number of pyridine rings is 1. The molecule has 164 valence electrons. The molecule has 0 saturated carbocycles. The molecule has 3 rings (SSSR count). The molecule has 0 spiro atoms. The van der Waals surface area contributed by atoms with Gasteiger partial charge in [0.05, 0.1) is 32.1 Å². The number of amides is 1. The van der Waals surface area contributed by atoms with Crippen LogP contribution in [0.2, 0.25) is 5.02 Å². The number of hydrogen-bond donors (Lipinski definition) is 1. The molecule has 3 aromatic rings. The average Bonchev–Trinajstić information content (AvgIpc) is 2.67. The highest BCUT2D eigenvalue weighted by atomic mass is 35.5. The topological polar surface area (TPSA) is 42.0 Å². The predicted octanol–water partition coefficient (Wildman–Crippen LogP) is 7.34. The van der Waals surface area contributed by atoms with Gasteiger partial charge in [-0.25, -0.2) is 4.98 Å². The minimum Gasteiger partial charge on any atom is -0.324 e. The minimum atomic E-state index is -4.52. The molecule has 1 unspecified atom stereocenters. The van der Waals surface area contributed by atoms with Crippen LogP contribution in [0.25, 0.3) is 10.9 Å². The van der Waals surface area contributed by atoms with Crippen LogP contribution in [0.1, 0.15) is 35.6 Å². The number of aromatic nitrogens is 1. The summed E-state index contributed by atoms with van der Waals surface area (Å²) in [5, 5.41) is 3.81. The van der Waals surface area contributed by atoms with E-state index in [-0.39, 0.29) is 10.7 Å².